The van der Waals surface area contributed by atoms with Gasteiger partial charge in [-0.15, -0.1) is 0 Å². The van der Waals surface area contributed by atoms with Gasteiger partial charge in [0.25, 0.3) is 0 Å². The van der Waals surface area contributed by atoms with Crippen LogP contribution in [0.25, 0.3) is 0 Å². The predicted octanol–water partition coefficient (Wildman–Crippen LogP) is 3.16. The first kappa shape index (κ1) is 15.0. The second-order valence-corrected chi connectivity index (χ2v) is 7.13. The molecule has 3 nitrogen and oxygen atoms in total. The van der Waals surface area contributed by atoms with Crippen molar-refractivity contribution in [1.29, 1.82) is 0 Å². The number of benzene rings is 2. The summed E-state index contributed by atoms with van der Waals surface area (Å²) in [6.07, 6.45) is -1.07. The third-order valence-electron chi connectivity index (χ3n) is 3.01. The van der Waals surface area contributed by atoms with Crippen molar-refractivity contribution in [3.8, 4) is 0 Å². The van der Waals surface area contributed by atoms with Gasteiger partial charge in [-0.3, -0.25) is 0 Å². The van der Waals surface area contributed by atoms with Crippen LogP contribution in [0.2, 0.25) is 5.02 Å². The quantitative estimate of drug-likeness (QED) is 0.943. The number of hydrogen-bond donors (Lipinski definition) is 1. The van der Waals surface area contributed by atoms with Gasteiger partial charge in [-0.25, -0.2) is 8.42 Å². The van der Waals surface area contributed by atoms with Gasteiger partial charge in [0, 0.05) is 5.02 Å². The number of rotatable bonds is 4. The molecule has 0 heterocycles. The molecular formula is C15H15ClO3S. The van der Waals surface area contributed by atoms with Crippen LogP contribution in [0.5, 0.6) is 0 Å². The minimum Gasteiger partial charge on any atom is -0.387 e. The van der Waals surface area contributed by atoms with E-state index in [1.165, 1.54) is 0 Å². The highest BCUT2D eigenvalue weighted by molar-refractivity contribution is 7.91. The summed E-state index contributed by atoms with van der Waals surface area (Å²) in [6, 6.07) is 13.1. The standard InChI is InChI=1S/C15H15ClO3S/c1-11-2-8-14(9-3-11)20(18,19)10-15(17)12-4-6-13(16)7-5-12/h2-9,15,17H,10H2,1H3. The molecular weight excluding hydrogens is 296 g/mol. The predicted molar refractivity (Wildman–Crippen MR) is 79.6 cm³/mol. The third kappa shape index (κ3) is 3.60. The van der Waals surface area contributed by atoms with E-state index in [9.17, 15) is 13.5 Å². The van der Waals surface area contributed by atoms with E-state index in [2.05, 4.69) is 0 Å². The lowest BCUT2D eigenvalue weighted by Crippen LogP contribution is -2.14. The zero-order valence-corrected chi connectivity index (χ0v) is 12.5. The topological polar surface area (TPSA) is 54.4 Å². The van der Waals surface area contributed by atoms with Crippen LogP contribution in [-0.2, 0) is 9.84 Å². The molecule has 5 heteroatoms. The Labute approximate surface area is 123 Å². The van der Waals surface area contributed by atoms with Crippen LogP contribution >= 0.6 is 11.6 Å². The molecule has 0 saturated carbocycles. The van der Waals surface area contributed by atoms with Crippen molar-refractivity contribution in [2.45, 2.75) is 17.9 Å². The molecule has 0 aliphatic rings. The van der Waals surface area contributed by atoms with Crippen molar-refractivity contribution in [2.24, 2.45) is 0 Å². The lowest BCUT2D eigenvalue weighted by atomic mass is 10.1. The van der Waals surface area contributed by atoms with Crippen molar-refractivity contribution in [2.75, 3.05) is 5.75 Å². The minimum absolute atomic E-state index is 0.219. The van der Waals surface area contributed by atoms with Gasteiger partial charge in [-0.05, 0) is 36.8 Å². The number of aliphatic hydroxyl groups excluding tert-OH is 1. The van der Waals surface area contributed by atoms with E-state index < -0.39 is 15.9 Å². The Bertz CT molecular complexity index is 676. The van der Waals surface area contributed by atoms with Gasteiger partial charge in [0.1, 0.15) is 0 Å². The highest BCUT2D eigenvalue weighted by Gasteiger charge is 2.20. The maximum absolute atomic E-state index is 12.2. The van der Waals surface area contributed by atoms with Crippen molar-refractivity contribution in [3.05, 3.63) is 64.7 Å². The van der Waals surface area contributed by atoms with Crippen molar-refractivity contribution in [3.63, 3.8) is 0 Å². The summed E-state index contributed by atoms with van der Waals surface area (Å²) >= 11 is 5.76. The molecule has 0 radical (unpaired) electrons. The third-order valence-corrected chi connectivity index (χ3v) is 5.01. The molecule has 1 N–H and O–H groups in total. The number of hydrogen-bond acceptors (Lipinski definition) is 3. The lowest BCUT2D eigenvalue weighted by molar-refractivity contribution is 0.201. The summed E-state index contributed by atoms with van der Waals surface area (Å²) in [5, 5.41) is 10.6. The van der Waals surface area contributed by atoms with Crippen LogP contribution in [0, 0.1) is 6.92 Å². The number of sulfone groups is 1. The minimum atomic E-state index is -3.52. The fraction of sp³-hybridized carbons (Fsp3) is 0.200. The maximum atomic E-state index is 12.2. The molecule has 2 aromatic rings. The first-order chi connectivity index (χ1) is 9.38. The summed E-state index contributed by atoms with van der Waals surface area (Å²) in [7, 11) is -3.52. The Morgan fingerprint density at radius 1 is 1.05 bits per heavy atom. The zero-order valence-electron chi connectivity index (χ0n) is 11.0. The van der Waals surface area contributed by atoms with E-state index in [1.807, 2.05) is 6.92 Å². The number of aryl methyl sites for hydroxylation is 1. The van der Waals surface area contributed by atoms with Crippen LogP contribution in [-0.4, -0.2) is 19.3 Å². The summed E-state index contributed by atoms with van der Waals surface area (Å²) in [5.41, 5.74) is 1.52. The van der Waals surface area contributed by atoms with Gasteiger partial charge in [0.05, 0.1) is 16.8 Å². The molecule has 0 aromatic heterocycles. The fourth-order valence-corrected chi connectivity index (χ4v) is 3.31. The second-order valence-electron chi connectivity index (χ2n) is 4.66. The SMILES string of the molecule is Cc1ccc(S(=O)(=O)CC(O)c2ccc(Cl)cc2)cc1. The molecule has 2 aromatic carbocycles. The summed E-state index contributed by atoms with van der Waals surface area (Å²) in [4.78, 5) is 0.219. The zero-order chi connectivity index (χ0) is 14.8. The van der Waals surface area contributed by atoms with Crippen molar-refractivity contribution < 1.29 is 13.5 Å². The van der Waals surface area contributed by atoms with Gasteiger partial charge in [-0.2, -0.15) is 0 Å². The van der Waals surface area contributed by atoms with Crippen molar-refractivity contribution in [1.82, 2.24) is 0 Å². The molecule has 0 amide bonds. The van der Waals surface area contributed by atoms with Gasteiger partial charge < -0.3 is 5.11 Å². The molecule has 0 aliphatic heterocycles. The Kier molecular flexibility index (Phi) is 4.48. The molecule has 0 saturated heterocycles. The van der Waals surface area contributed by atoms with Crippen LogP contribution in [0.1, 0.15) is 17.2 Å². The Morgan fingerprint density at radius 2 is 1.60 bits per heavy atom. The average Bonchev–Trinajstić information content (AvgIpc) is 2.39. The van der Waals surface area contributed by atoms with Gasteiger partial charge in [0.2, 0.25) is 0 Å². The van der Waals surface area contributed by atoms with E-state index in [-0.39, 0.29) is 10.6 Å². The lowest BCUT2D eigenvalue weighted by Gasteiger charge is -2.12. The first-order valence-corrected chi connectivity index (χ1v) is 8.14. The molecule has 2 rings (SSSR count). The monoisotopic (exact) mass is 310 g/mol. The number of halogens is 1. The number of aliphatic hydroxyl groups is 1. The fourth-order valence-electron chi connectivity index (χ4n) is 1.83. The van der Waals surface area contributed by atoms with E-state index in [4.69, 9.17) is 11.6 Å². The van der Waals surface area contributed by atoms with Crippen LogP contribution in [0.15, 0.2) is 53.4 Å². The summed E-state index contributed by atoms with van der Waals surface area (Å²) in [6.45, 7) is 1.89. The largest absolute Gasteiger partial charge is 0.387 e. The second kappa shape index (κ2) is 5.95. The van der Waals surface area contributed by atoms with Gasteiger partial charge >= 0.3 is 0 Å². The molecule has 0 bridgehead atoms. The normalized spacial score (nSPS) is 13.2. The summed E-state index contributed by atoms with van der Waals surface area (Å²) < 4.78 is 24.4. The van der Waals surface area contributed by atoms with Crippen molar-refractivity contribution >= 4 is 21.4 Å². The van der Waals surface area contributed by atoms with Crippen LogP contribution in [0.4, 0.5) is 0 Å². The molecule has 20 heavy (non-hydrogen) atoms. The molecule has 106 valence electrons. The summed E-state index contributed by atoms with van der Waals surface area (Å²) in [5.74, 6) is -0.350. The van der Waals surface area contributed by atoms with E-state index in [0.717, 1.165) is 5.56 Å². The van der Waals surface area contributed by atoms with Crippen LogP contribution in [0.3, 0.4) is 0 Å². The Hall–Kier alpha value is -1.36. The van der Waals surface area contributed by atoms with Gasteiger partial charge in [0.15, 0.2) is 9.84 Å². The maximum Gasteiger partial charge on any atom is 0.181 e. The Balaban J connectivity index is 2.19. The molecule has 1 unspecified atom stereocenters. The average molecular weight is 311 g/mol. The molecule has 1 atom stereocenters. The molecule has 0 spiro atoms. The van der Waals surface area contributed by atoms with E-state index in [1.54, 1.807) is 48.5 Å². The molecule has 0 aliphatic carbocycles. The highest BCUT2D eigenvalue weighted by Crippen LogP contribution is 2.21. The first-order valence-electron chi connectivity index (χ1n) is 6.11. The van der Waals surface area contributed by atoms with E-state index >= 15 is 0 Å². The van der Waals surface area contributed by atoms with Crippen LogP contribution < -0.4 is 0 Å². The van der Waals surface area contributed by atoms with E-state index in [0.29, 0.717) is 10.6 Å². The smallest absolute Gasteiger partial charge is 0.181 e. The Morgan fingerprint density at radius 3 is 2.15 bits per heavy atom. The molecule has 0 fully saturated rings. The highest BCUT2D eigenvalue weighted by atomic mass is 35.5. The van der Waals surface area contributed by atoms with Gasteiger partial charge in [-0.1, -0.05) is 41.4 Å².